The van der Waals surface area contributed by atoms with Crippen LogP contribution in [0.1, 0.15) is 34.8 Å². The van der Waals surface area contributed by atoms with Crippen molar-refractivity contribution >= 4 is 5.91 Å². The normalized spacial score (nSPS) is 10.7. The first-order chi connectivity index (χ1) is 12.8. The zero-order chi connectivity index (χ0) is 18.2. The maximum Gasteiger partial charge on any atom is 0.254 e. The Balaban J connectivity index is 1.62. The Labute approximate surface area is 153 Å². The molecule has 0 saturated carbocycles. The third-order valence-electron chi connectivity index (χ3n) is 4.03. The van der Waals surface area contributed by atoms with Crippen molar-refractivity contribution in [1.82, 2.24) is 15.1 Å². The molecule has 1 N–H and O–H groups in total. The number of nitrogens with zero attached hydrogens (tertiary/aromatic N) is 2. The monoisotopic (exact) mass is 349 g/mol. The quantitative estimate of drug-likeness (QED) is 0.631. The van der Waals surface area contributed by atoms with Crippen molar-refractivity contribution < 1.29 is 9.53 Å². The molecule has 134 valence electrons. The molecule has 0 radical (unpaired) electrons. The van der Waals surface area contributed by atoms with Gasteiger partial charge in [-0.3, -0.25) is 4.79 Å². The van der Waals surface area contributed by atoms with Crippen LogP contribution in [-0.2, 0) is 17.9 Å². The van der Waals surface area contributed by atoms with Crippen molar-refractivity contribution in [3.63, 3.8) is 0 Å². The molecule has 0 aliphatic heterocycles. The van der Waals surface area contributed by atoms with Crippen molar-refractivity contribution in [3.8, 4) is 5.69 Å². The SMILES string of the molecule is CCCOCc1ccccc1CNC(=O)c1cnn(-c2ccccc2)c1. The number of aromatic nitrogens is 2. The summed E-state index contributed by atoms with van der Waals surface area (Å²) in [5.74, 6) is -0.142. The molecule has 26 heavy (non-hydrogen) atoms. The maximum atomic E-state index is 12.4. The van der Waals surface area contributed by atoms with Gasteiger partial charge in [-0.25, -0.2) is 4.68 Å². The van der Waals surface area contributed by atoms with Gasteiger partial charge in [-0.05, 0) is 29.7 Å². The number of carbonyl (C=O) groups is 1. The highest BCUT2D eigenvalue weighted by Crippen LogP contribution is 2.11. The molecule has 0 aliphatic rings. The van der Waals surface area contributed by atoms with Crippen LogP contribution in [0.15, 0.2) is 67.0 Å². The van der Waals surface area contributed by atoms with E-state index in [4.69, 9.17) is 4.74 Å². The minimum atomic E-state index is -0.142. The molecule has 3 rings (SSSR count). The second-order valence-electron chi connectivity index (χ2n) is 6.01. The molecule has 0 saturated heterocycles. The zero-order valence-electron chi connectivity index (χ0n) is 14.9. The molecule has 0 fully saturated rings. The number of carbonyl (C=O) groups excluding carboxylic acids is 1. The Morgan fingerprint density at radius 3 is 2.58 bits per heavy atom. The summed E-state index contributed by atoms with van der Waals surface area (Å²) in [6.45, 7) is 3.84. The van der Waals surface area contributed by atoms with Gasteiger partial charge >= 0.3 is 0 Å². The molecule has 5 nitrogen and oxygen atoms in total. The van der Waals surface area contributed by atoms with E-state index >= 15 is 0 Å². The first-order valence-electron chi connectivity index (χ1n) is 8.80. The molecule has 1 amide bonds. The fourth-order valence-corrected chi connectivity index (χ4v) is 2.64. The molecule has 3 aromatic rings. The molecule has 0 atom stereocenters. The van der Waals surface area contributed by atoms with E-state index in [1.54, 1.807) is 17.1 Å². The predicted molar refractivity (Wildman–Crippen MR) is 101 cm³/mol. The van der Waals surface area contributed by atoms with Crippen LogP contribution in [0.3, 0.4) is 0 Å². The Bertz CT molecular complexity index is 843. The summed E-state index contributed by atoms with van der Waals surface area (Å²) in [7, 11) is 0. The van der Waals surface area contributed by atoms with E-state index in [1.807, 2.05) is 54.6 Å². The summed E-state index contributed by atoms with van der Waals surface area (Å²) in [5.41, 5.74) is 3.62. The Morgan fingerprint density at radius 2 is 1.81 bits per heavy atom. The number of benzene rings is 2. The largest absolute Gasteiger partial charge is 0.377 e. The smallest absolute Gasteiger partial charge is 0.254 e. The zero-order valence-corrected chi connectivity index (χ0v) is 14.9. The topological polar surface area (TPSA) is 56.1 Å². The molecule has 0 unspecified atom stereocenters. The Hall–Kier alpha value is -2.92. The average Bonchev–Trinajstić information content (AvgIpc) is 3.18. The number of amides is 1. The molecular formula is C21H23N3O2. The minimum Gasteiger partial charge on any atom is -0.377 e. The first kappa shape index (κ1) is 17.9. The first-order valence-corrected chi connectivity index (χ1v) is 8.80. The van der Waals surface area contributed by atoms with E-state index in [0.29, 0.717) is 18.7 Å². The second-order valence-corrected chi connectivity index (χ2v) is 6.01. The van der Waals surface area contributed by atoms with Crippen LogP contribution in [0.2, 0.25) is 0 Å². The van der Waals surface area contributed by atoms with E-state index in [1.165, 1.54) is 0 Å². The third kappa shape index (κ3) is 4.58. The summed E-state index contributed by atoms with van der Waals surface area (Å²) >= 11 is 0. The number of nitrogens with one attached hydrogen (secondary N) is 1. The molecule has 2 aromatic carbocycles. The fourth-order valence-electron chi connectivity index (χ4n) is 2.64. The summed E-state index contributed by atoms with van der Waals surface area (Å²) in [6.07, 6.45) is 4.31. The number of ether oxygens (including phenoxy) is 1. The minimum absolute atomic E-state index is 0.142. The van der Waals surface area contributed by atoms with Crippen LogP contribution < -0.4 is 5.32 Å². The summed E-state index contributed by atoms with van der Waals surface area (Å²) in [4.78, 5) is 12.4. The van der Waals surface area contributed by atoms with Gasteiger partial charge < -0.3 is 10.1 Å². The van der Waals surface area contributed by atoms with Crippen LogP contribution >= 0.6 is 0 Å². The van der Waals surface area contributed by atoms with Crippen LogP contribution in [0.5, 0.6) is 0 Å². The van der Waals surface area contributed by atoms with Gasteiger partial charge in [0.1, 0.15) is 0 Å². The molecule has 1 aromatic heterocycles. The van der Waals surface area contributed by atoms with Gasteiger partial charge in [0.25, 0.3) is 5.91 Å². The van der Waals surface area contributed by atoms with Gasteiger partial charge in [-0.2, -0.15) is 5.10 Å². The van der Waals surface area contributed by atoms with E-state index in [9.17, 15) is 4.79 Å². The number of rotatable bonds is 8. The Kier molecular flexibility index (Phi) is 6.17. The lowest BCUT2D eigenvalue weighted by Gasteiger charge is -2.10. The molecule has 0 spiro atoms. The van der Waals surface area contributed by atoms with E-state index in [2.05, 4.69) is 17.3 Å². The summed E-state index contributed by atoms with van der Waals surface area (Å²) < 4.78 is 7.32. The van der Waals surface area contributed by atoms with Crippen LogP contribution in [0.25, 0.3) is 5.69 Å². The van der Waals surface area contributed by atoms with Crippen molar-refractivity contribution in [2.75, 3.05) is 6.61 Å². The van der Waals surface area contributed by atoms with Crippen molar-refractivity contribution in [1.29, 1.82) is 0 Å². The van der Waals surface area contributed by atoms with Crippen molar-refractivity contribution in [3.05, 3.63) is 83.7 Å². The maximum absolute atomic E-state index is 12.4. The molecule has 1 heterocycles. The second kappa shape index (κ2) is 8.97. The van der Waals surface area contributed by atoms with Gasteiger partial charge in [-0.1, -0.05) is 49.4 Å². The fraction of sp³-hybridized carbons (Fsp3) is 0.238. The highest BCUT2D eigenvalue weighted by Gasteiger charge is 2.10. The van der Waals surface area contributed by atoms with Gasteiger partial charge in [0, 0.05) is 19.3 Å². The highest BCUT2D eigenvalue weighted by molar-refractivity contribution is 5.93. The lowest BCUT2D eigenvalue weighted by molar-refractivity contribution is 0.0949. The van der Waals surface area contributed by atoms with Gasteiger partial charge in [-0.15, -0.1) is 0 Å². The van der Waals surface area contributed by atoms with Gasteiger partial charge in [0.05, 0.1) is 24.1 Å². The predicted octanol–water partition coefficient (Wildman–Crippen LogP) is 3.73. The summed E-state index contributed by atoms with van der Waals surface area (Å²) in [6, 6.07) is 17.7. The Morgan fingerprint density at radius 1 is 1.08 bits per heavy atom. The van der Waals surface area contributed by atoms with Crippen LogP contribution in [0.4, 0.5) is 0 Å². The highest BCUT2D eigenvalue weighted by atomic mass is 16.5. The van der Waals surface area contributed by atoms with E-state index < -0.39 is 0 Å². The van der Waals surface area contributed by atoms with Gasteiger partial charge in [0.2, 0.25) is 0 Å². The van der Waals surface area contributed by atoms with Crippen molar-refractivity contribution in [2.45, 2.75) is 26.5 Å². The number of hydrogen-bond donors (Lipinski definition) is 1. The van der Waals surface area contributed by atoms with Gasteiger partial charge in [0.15, 0.2) is 0 Å². The summed E-state index contributed by atoms with van der Waals surface area (Å²) in [5, 5.41) is 7.23. The van der Waals surface area contributed by atoms with E-state index in [0.717, 1.165) is 29.8 Å². The number of hydrogen-bond acceptors (Lipinski definition) is 3. The molecular weight excluding hydrogens is 326 g/mol. The lowest BCUT2D eigenvalue weighted by atomic mass is 10.1. The third-order valence-corrected chi connectivity index (χ3v) is 4.03. The molecule has 0 bridgehead atoms. The molecule has 0 aliphatic carbocycles. The van der Waals surface area contributed by atoms with Crippen LogP contribution in [0, 0.1) is 0 Å². The molecule has 5 heteroatoms. The van der Waals surface area contributed by atoms with Crippen molar-refractivity contribution in [2.24, 2.45) is 0 Å². The van der Waals surface area contributed by atoms with Crippen LogP contribution in [-0.4, -0.2) is 22.3 Å². The standard InChI is InChI=1S/C21H23N3O2/c1-2-12-26-16-18-9-7-6-8-17(18)13-22-21(25)19-14-23-24(15-19)20-10-4-3-5-11-20/h3-11,14-15H,2,12-13,16H2,1H3,(H,22,25). The average molecular weight is 349 g/mol. The van der Waals surface area contributed by atoms with E-state index in [-0.39, 0.29) is 5.91 Å². The lowest BCUT2D eigenvalue weighted by Crippen LogP contribution is -2.23. The number of para-hydroxylation sites is 1.